The highest BCUT2D eigenvalue weighted by Crippen LogP contribution is 2.13. The van der Waals surface area contributed by atoms with Crippen molar-refractivity contribution in [1.82, 2.24) is 4.98 Å². The van der Waals surface area contributed by atoms with Gasteiger partial charge in [-0.1, -0.05) is 13.8 Å². The van der Waals surface area contributed by atoms with Crippen molar-refractivity contribution in [2.75, 3.05) is 6.61 Å². The molecule has 1 aromatic rings. The quantitative estimate of drug-likeness (QED) is 0.807. The number of carboxylic acid groups (broad SMARTS) is 1. The number of aromatic nitrogens is 1. The van der Waals surface area contributed by atoms with Crippen LogP contribution in [0.3, 0.4) is 0 Å². The molecule has 0 spiro atoms. The van der Waals surface area contributed by atoms with Gasteiger partial charge in [0.1, 0.15) is 0 Å². The highest BCUT2D eigenvalue weighted by molar-refractivity contribution is 5.88. The molecule has 0 aliphatic rings. The number of carbonyl (C=O) groups is 1. The molecule has 0 aromatic carbocycles. The van der Waals surface area contributed by atoms with Gasteiger partial charge < -0.3 is 9.84 Å². The number of nitrogens with zero attached hydrogens (tertiary/aromatic N) is 1. The van der Waals surface area contributed by atoms with E-state index in [1.807, 2.05) is 13.8 Å². The Morgan fingerprint density at radius 1 is 1.47 bits per heavy atom. The SMILES string of the molecule is CCCOc1cc(C(=O)O)cc(CC)n1. The van der Waals surface area contributed by atoms with Crippen molar-refractivity contribution in [3.05, 3.63) is 23.4 Å². The molecule has 0 bridgehead atoms. The van der Waals surface area contributed by atoms with Gasteiger partial charge in [-0.05, 0) is 18.9 Å². The number of rotatable bonds is 5. The molecule has 82 valence electrons. The summed E-state index contributed by atoms with van der Waals surface area (Å²) in [4.78, 5) is 15.0. The second-order valence-corrected chi connectivity index (χ2v) is 3.19. The summed E-state index contributed by atoms with van der Waals surface area (Å²) in [5.74, 6) is -0.554. The number of aromatic carboxylic acids is 1. The van der Waals surface area contributed by atoms with Gasteiger partial charge >= 0.3 is 5.97 Å². The maximum Gasteiger partial charge on any atom is 0.335 e. The lowest BCUT2D eigenvalue weighted by Crippen LogP contribution is -2.04. The molecule has 0 aliphatic heterocycles. The Hall–Kier alpha value is -1.58. The van der Waals surface area contributed by atoms with Crippen LogP contribution in [0.2, 0.25) is 0 Å². The van der Waals surface area contributed by atoms with E-state index in [1.165, 1.54) is 6.07 Å². The van der Waals surface area contributed by atoms with Crippen molar-refractivity contribution in [3.8, 4) is 5.88 Å². The third-order valence-corrected chi connectivity index (χ3v) is 1.92. The summed E-state index contributed by atoms with van der Waals surface area (Å²) in [6.45, 7) is 4.47. The number of pyridine rings is 1. The van der Waals surface area contributed by atoms with Gasteiger partial charge in [0.15, 0.2) is 0 Å². The van der Waals surface area contributed by atoms with Crippen LogP contribution in [0.15, 0.2) is 12.1 Å². The van der Waals surface area contributed by atoms with Crippen molar-refractivity contribution in [2.45, 2.75) is 26.7 Å². The lowest BCUT2D eigenvalue weighted by atomic mass is 10.2. The number of hydrogen-bond donors (Lipinski definition) is 1. The van der Waals surface area contributed by atoms with Gasteiger partial charge in [0, 0.05) is 11.8 Å². The van der Waals surface area contributed by atoms with Crippen LogP contribution in [0, 0.1) is 0 Å². The molecular formula is C11H15NO3. The highest BCUT2D eigenvalue weighted by atomic mass is 16.5. The van der Waals surface area contributed by atoms with Gasteiger partial charge in [0.25, 0.3) is 0 Å². The monoisotopic (exact) mass is 209 g/mol. The number of aryl methyl sites for hydroxylation is 1. The van der Waals surface area contributed by atoms with E-state index in [0.717, 1.165) is 12.1 Å². The Bertz CT molecular complexity index is 350. The molecule has 0 aliphatic carbocycles. The predicted molar refractivity (Wildman–Crippen MR) is 56.4 cm³/mol. The summed E-state index contributed by atoms with van der Waals surface area (Å²) in [7, 11) is 0. The van der Waals surface area contributed by atoms with E-state index in [4.69, 9.17) is 9.84 Å². The molecule has 1 N–H and O–H groups in total. The van der Waals surface area contributed by atoms with Crippen LogP contribution in [0.25, 0.3) is 0 Å². The summed E-state index contributed by atoms with van der Waals surface area (Å²) >= 11 is 0. The zero-order valence-electron chi connectivity index (χ0n) is 8.99. The number of ether oxygens (including phenoxy) is 1. The fourth-order valence-electron chi connectivity index (χ4n) is 1.15. The number of carboxylic acids is 1. The first-order valence-corrected chi connectivity index (χ1v) is 5.04. The van der Waals surface area contributed by atoms with Crippen LogP contribution in [-0.2, 0) is 6.42 Å². The summed E-state index contributed by atoms with van der Waals surface area (Å²) in [6, 6.07) is 3.03. The standard InChI is InChI=1S/C11H15NO3/c1-3-5-15-10-7-8(11(13)14)6-9(4-2)12-10/h6-7H,3-5H2,1-2H3,(H,13,14). The Kier molecular flexibility index (Phi) is 4.09. The third-order valence-electron chi connectivity index (χ3n) is 1.92. The molecule has 0 amide bonds. The van der Waals surface area contributed by atoms with E-state index in [2.05, 4.69) is 4.98 Å². The van der Waals surface area contributed by atoms with Gasteiger partial charge in [-0.2, -0.15) is 0 Å². The van der Waals surface area contributed by atoms with E-state index in [0.29, 0.717) is 18.9 Å². The molecule has 4 nitrogen and oxygen atoms in total. The van der Waals surface area contributed by atoms with Gasteiger partial charge in [-0.15, -0.1) is 0 Å². The van der Waals surface area contributed by atoms with E-state index in [1.54, 1.807) is 6.07 Å². The first-order chi connectivity index (χ1) is 7.17. The highest BCUT2D eigenvalue weighted by Gasteiger charge is 2.08. The fraction of sp³-hybridized carbons (Fsp3) is 0.455. The molecule has 0 fully saturated rings. The van der Waals surface area contributed by atoms with E-state index < -0.39 is 5.97 Å². The minimum Gasteiger partial charge on any atom is -0.478 e. The average molecular weight is 209 g/mol. The smallest absolute Gasteiger partial charge is 0.335 e. The van der Waals surface area contributed by atoms with Crippen molar-refractivity contribution >= 4 is 5.97 Å². The fourth-order valence-corrected chi connectivity index (χ4v) is 1.15. The lowest BCUT2D eigenvalue weighted by Gasteiger charge is -2.06. The van der Waals surface area contributed by atoms with Gasteiger partial charge in [0.05, 0.1) is 12.2 Å². The van der Waals surface area contributed by atoms with Crippen LogP contribution in [0.5, 0.6) is 5.88 Å². The lowest BCUT2D eigenvalue weighted by molar-refractivity contribution is 0.0696. The second-order valence-electron chi connectivity index (χ2n) is 3.19. The summed E-state index contributed by atoms with van der Waals surface area (Å²) in [5, 5.41) is 8.87. The average Bonchev–Trinajstić information content (AvgIpc) is 2.25. The van der Waals surface area contributed by atoms with Crippen LogP contribution in [0.1, 0.15) is 36.3 Å². The Labute approximate surface area is 88.9 Å². The van der Waals surface area contributed by atoms with E-state index in [-0.39, 0.29) is 5.56 Å². The van der Waals surface area contributed by atoms with Gasteiger partial charge in [-0.3, -0.25) is 0 Å². The molecule has 0 saturated heterocycles. The third kappa shape index (κ3) is 3.23. The van der Waals surface area contributed by atoms with Crippen molar-refractivity contribution in [1.29, 1.82) is 0 Å². The normalized spacial score (nSPS) is 10.0. The van der Waals surface area contributed by atoms with E-state index >= 15 is 0 Å². The largest absolute Gasteiger partial charge is 0.478 e. The Morgan fingerprint density at radius 3 is 2.73 bits per heavy atom. The van der Waals surface area contributed by atoms with Gasteiger partial charge in [-0.25, -0.2) is 9.78 Å². The first-order valence-electron chi connectivity index (χ1n) is 5.04. The molecular weight excluding hydrogens is 194 g/mol. The Balaban J connectivity index is 2.95. The van der Waals surface area contributed by atoms with Crippen molar-refractivity contribution in [3.63, 3.8) is 0 Å². The molecule has 0 unspecified atom stereocenters. The molecule has 0 radical (unpaired) electrons. The van der Waals surface area contributed by atoms with E-state index in [9.17, 15) is 4.79 Å². The maximum absolute atomic E-state index is 10.8. The molecule has 4 heteroatoms. The molecule has 0 saturated carbocycles. The second kappa shape index (κ2) is 5.34. The molecule has 0 atom stereocenters. The molecule has 1 aromatic heterocycles. The summed E-state index contributed by atoms with van der Waals surface area (Å²) in [5.41, 5.74) is 0.967. The topological polar surface area (TPSA) is 59.4 Å². The predicted octanol–water partition coefficient (Wildman–Crippen LogP) is 2.13. The zero-order chi connectivity index (χ0) is 11.3. The van der Waals surface area contributed by atoms with Crippen LogP contribution >= 0.6 is 0 Å². The van der Waals surface area contributed by atoms with Crippen molar-refractivity contribution < 1.29 is 14.6 Å². The van der Waals surface area contributed by atoms with Gasteiger partial charge in [0.2, 0.25) is 5.88 Å². The summed E-state index contributed by atoms with van der Waals surface area (Å²) in [6.07, 6.45) is 1.57. The zero-order valence-corrected chi connectivity index (χ0v) is 8.99. The Morgan fingerprint density at radius 2 is 2.20 bits per heavy atom. The molecule has 1 heterocycles. The number of hydrogen-bond acceptors (Lipinski definition) is 3. The molecule has 1 rings (SSSR count). The first kappa shape index (κ1) is 11.5. The van der Waals surface area contributed by atoms with Crippen LogP contribution in [-0.4, -0.2) is 22.7 Å². The minimum atomic E-state index is -0.951. The summed E-state index contributed by atoms with van der Waals surface area (Å²) < 4.78 is 5.31. The van der Waals surface area contributed by atoms with Crippen molar-refractivity contribution in [2.24, 2.45) is 0 Å². The van der Waals surface area contributed by atoms with Crippen LogP contribution < -0.4 is 4.74 Å². The molecule has 15 heavy (non-hydrogen) atoms. The maximum atomic E-state index is 10.8. The minimum absolute atomic E-state index is 0.230. The van der Waals surface area contributed by atoms with Crippen LogP contribution in [0.4, 0.5) is 0 Å².